The van der Waals surface area contributed by atoms with E-state index in [-0.39, 0.29) is 12.3 Å². The van der Waals surface area contributed by atoms with Crippen LogP contribution in [0.15, 0.2) is 59.7 Å². The maximum absolute atomic E-state index is 12.0. The molecule has 0 aliphatic rings. The Bertz CT molecular complexity index is 650. The van der Waals surface area contributed by atoms with Crippen molar-refractivity contribution in [3.8, 4) is 0 Å². The van der Waals surface area contributed by atoms with Crippen molar-refractivity contribution in [1.29, 1.82) is 0 Å². The highest BCUT2D eigenvalue weighted by Crippen LogP contribution is 2.11. The number of nitrogens with zero attached hydrogens (tertiary/aromatic N) is 1. The van der Waals surface area contributed by atoms with Crippen LogP contribution in [0.2, 0.25) is 0 Å². The Balaban J connectivity index is 1.88. The van der Waals surface area contributed by atoms with Gasteiger partial charge in [0.2, 0.25) is 5.91 Å². The van der Waals surface area contributed by atoms with E-state index in [4.69, 9.17) is 0 Å². The Morgan fingerprint density at radius 2 is 1.77 bits per heavy atom. The third kappa shape index (κ3) is 5.05. The molecule has 0 saturated carbocycles. The van der Waals surface area contributed by atoms with E-state index < -0.39 is 0 Å². The predicted octanol–water partition coefficient (Wildman–Crippen LogP) is 4.07. The SMILES string of the molecule is CCc1cccc(NC(=O)C/C(C)=N/Nc2ccccc2)c1. The van der Waals surface area contributed by atoms with Gasteiger partial charge in [0.1, 0.15) is 0 Å². The van der Waals surface area contributed by atoms with Crippen molar-refractivity contribution < 1.29 is 4.79 Å². The molecular formula is C18H21N3O. The molecule has 2 aromatic carbocycles. The number of benzene rings is 2. The number of anilines is 2. The lowest BCUT2D eigenvalue weighted by atomic mass is 10.1. The van der Waals surface area contributed by atoms with Gasteiger partial charge in [-0.2, -0.15) is 5.10 Å². The molecule has 2 aromatic rings. The first-order chi connectivity index (χ1) is 10.7. The van der Waals surface area contributed by atoms with E-state index in [0.717, 1.165) is 23.5 Å². The summed E-state index contributed by atoms with van der Waals surface area (Å²) in [4.78, 5) is 12.0. The molecule has 2 N–H and O–H groups in total. The van der Waals surface area contributed by atoms with Crippen LogP contribution < -0.4 is 10.7 Å². The highest BCUT2D eigenvalue weighted by molar-refractivity contribution is 6.05. The van der Waals surface area contributed by atoms with Gasteiger partial charge in [0.25, 0.3) is 0 Å². The summed E-state index contributed by atoms with van der Waals surface area (Å²) in [6.07, 6.45) is 1.21. The molecule has 0 atom stereocenters. The standard InChI is InChI=1S/C18H21N3O/c1-3-15-8-7-11-17(13-15)19-18(22)12-14(2)20-21-16-9-5-4-6-10-16/h4-11,13,21H,3,12H2,1-2H3,(H,19,22)/b20-14+. The fourth-order valence-electron chi connectivity index (χ4n) is 2.02. The molecule has 2 rings (SSSR count). The van der Waals surface area contributed by atoms with Gasteiger partial charge in [-0.05, 0) is 43.2 Å². The lowest BCUT2D eigenvalue weighted by molar-refractivity contribution is -0.115. The summed E-state index contributed by atoms with van der Waals surface area (Å²) in [5.41, 5.74) is 6.60. The number of rotatable bonds is 6. The van der Waals surface area contributed by atoms with Crippen LogP contribution in [0.4, 0.5) is 11.4 Å². The van der Waals surface area contributed by atoms with Crippen LogP contribution in [0.3, 0.4) is 0 Å². The Labute approximate surface area is 131 Å². The molecular weight excluding hydrogens is 274 g/mol. The molecule has 0 fully saturated rings. The summed E-state index contributed by atoms with van der Waals surface area (Å²) in [6.45, 7) is 3.92. The molecule has 114 valence electrons. The lowest BCUT2D eigenvalue weighted by Gasteiger charge is -2.07. The fourth-order valence-corrected chi connectivity index (χ4v) is 2.02. The second-order valence-corrected chi connectivity index (χ2v) is 5.10. The van der Waals surface area contributed by atoms with Gasteiger partial charge in [0.15, 0.2) is 0 Å². The zero-order valence-corrected chi connectivity index (χ0v) is 13.0. The second-order valence-electron chi connectivity index (χ2n) is 5.10. The third-order valence-electron chi connectivity index (χ3n) is 3.19. The molecule has 0 radical (unpaired) electrons. The van der Waals surface area contributed by atoms with Gasteiger partial charge in [0.05, 0.1) is 12.1 Å². The smallest absolute Gasteiger partial charge is 0.230 e. The molecule has 1 amide bonds. The Morgan fingerprint density at radius 1 is 1.05 bits per heavy atom. The van der Waals surface area contributed by atoms with Gasteiger partial charge in [-0.25, -0.2) is 0 Å². The first-order valence-electron chi connectivity index (χ1n) is 7.40. The Kier molecular flexibility index (Phi) is 5.72. The van der Waals surface area contributed by atoms with Crippen molar-refractivity contribution in [1.82, 2.24) is 0 Å². The van der Waals surface area contributed by atoms with Crippen molar-refractivity contribution >= 4 is 23.0 Å². The lowest BCUT2D eigenvalue weighted by Crippen LogP contribution is -2.15. The van der Waals surface area contributed by atoms with Crippen LogP contribution in [0, 0.1) is 0 Å². The molecule has 0 bridgehead atoms. The molecule has 0 saturated heterocycles. The number of carbonyl (C=O) groups is 1. The molecule has 0 aliphatic carbocycles. The number of nitrogens with one attached hydrogen (secondary N) is 2. The minimum Gasteiger partial charge on any atom is -0.326 e. The topological polar surface area (TPSA) is 53.5 Å². The first-order valence-corrected chi connectivity index (χ1v) is 7.40. The van der Waals surface area contributed by atoms with Gasteiger partial charge < -0.3 is 5.32 Å². The molecule has 0 heterocycles. The summed E-state index contributed by atoms with van der Waals surface area (Å²) in [5, 5.41) is 7.11. The Hall–Kier alpha value is -2.62. The van der Waals surface area contributed by atoms with Crippen molar-refractivity contribution in [3.63, 3.8) is 0 Å². The van der Waals surface area contributed by atoms with Gasteiger partial charge in [0, 0.05) is 11.4 Å². The van der Waals surface area contributed by atoms with Gasteiger partial charge in [-0.3, -0.25) is 10.2 Å². The van der Waals surface area contributed by atoms with Gasteiger partial charge in [-0.1, -0.05) is 37.3 Å². The fraction of sp³-hybridized carbons (Fsp3) is 0.222. The molecule has 0 spiro atoms. The normalized spacial score (nSPS) is 11.1. The van der Waals surface area contributed by atoms with E-state index in [1.807, 2.05) is 61.5 Å². The highest BCUT2D eigenvalue weighted by Gasteiger charge is 2.05. The maximum atomic E-state index is 12.0. The van der Waals surface area contributed by atoms with Crippen LogP contribution in [-0.4, -0.2) is 11.6 Å². The van der Waals surface area contributed by atoms with Crippen LogP contribution in [0.25, 0.3) is 0 Å². The van der Waals surface area contributed by atoms with Crippen LogP contribution in [-0.2, 0) is 11.2 Å². The zero-order chi connectivity index (χ0) is 15.8. The Morgan fingerprint density at radius 3 is 2.50 bits per heavy atom. The van der Waals surface area contributed by atoms with E-state index in [2.05, 4.69) is 22.8 Å². The molecule has 0 aliphatic heterocycles. The monoisotopic (exact) mass is 295 g/mol. The minimum atomic E-state index is -0.0654. The first kappa shape index (κ1) is 15.8. The molecule has 22 heavy (non-hydrogen) atoms. The van der Waals surface area contributed by atoms with E-state index in [0.29, 0.717) is 0 Å². The number of hydrogen-bond donors (Lipinski definition) is 2. The van der Waals surface area contributed by atoms with E-state index in [1.54, 1.807) is 0 Å². The number of para-hydroxylation sites is 1. The third-order valence-corrected chi connectivity index (χ3v) is 3.19. The average Bonchev–Trinajstić information content (AvgIpc) is 2.54. The van der Waals surface area contributed by atoms with Crippen LogP contribution in [0.5, 0.6) is 0 Å². The largest absolute Gasteiger partial charge is 0.326 e. The van der Waals surface area contributed by atoms with E-state index in [9.17, 15) is 4.79 Å². The quantitative estimate of drug-likeness (QED) is 0.623. The van der Waals surface area contributed by atoms with Gasteiger partial charge >= 0.3 is 0 Å². The molecule has 4 heteroatoms. The summed E-state index contributed by atoms with van der Waals surface area (Å²) in [6, 6.07) is 17.5. The number of hydrogen-bond acceptors (Lipinski definition) is 3. The summed E-state index contributed by atoms with van der Waals surface area (Å²) >= 11 is 0. The van der Waals surface area contributed by atoms with Crippen molar-refractivity contribution in [2.24, 2.45) is 5.10 Å². The number of hydrazone groups is 1. The average molecular weight is 295 g/mol. The number of carbonyl (C=O) groups excluding carboxylic acids is 1. The van der Waals surface area contributed by atoms with Gasteiger partial charge in [-0.15, -0.1) is 0 Å². The minimum absolute atomic E-state index is 0.0654. The highest BCUT2D eigenvalue weighted by atomic mass is 16.1. The van der Waals surface area contributed by atoms with Crippen molar-refractivity contribution in [3.05, 3.63) is 60.2 Å². The van der Waals surface area contributed by atoms with E-state index >= 15 is 0 Å². The molecule has 0 unspecified atom stereocenters. The number of amides is 1. The number of aryl methyl sites for hydroxylation is 1. The molecule has 4 nitrogen and oxygen atoms in total. The summed E-state index contributed by atoms with van der Waals surface area (Å²) < 4.78 is 0. The van der Waals surface area contributed by atoms with Crippen LogP contribution >= 0.6 is 0 Å². The molecule has 0 aromatic heterocycles. The summed E-state index contributed by atoms with van der Waals surface area (Å²) in [7, 11) is 0. The van der Waals surface area contributed by atoms with Crippen molar-refractivity contribution in [2.45, 2.75) is 26.7 Å². The zero-order valence-electron chi connectivity index (χ0n) is 13.0. The predicted molar refractivity (Wildman–Crippen MR) is 92.2 cm³/mol. The van der Waals surface area contributed by atoms with Crippen LogP contribution in [0.1, 0.15) is 25.8 Å². The van der Waals surface area contributed by atoms with E-state index in [1.165, 1.54) is 5.56 Å². The second kappa shape index (κ2) is 7.98. The van der Waals surface area contributed by atoms with Crippen molar-refractivity contribution in [2.75, 3.05) is 10.7 Å². The maximum Gasteiger partial charge on any atom is 0.230 e. The summed E-state index contributed by atoms with van der Waals surface area (Å²) in [5.74, 6) is -0.0654.